The first-order chi connectivity index (χ1) is 19.1. The molecule has 0 saturated heterocycles. The molecular formula is C33H38FNO5. The van der Waals surface area contributed by atoms with Crippen LogP contribution >= 0.6 is 0 Å². The second-order valence-corrected chi connectivity index (χ2v) is 10.8. The number of carboxylic acid groups (broad SMARTS) is 1. The van der Waals surface area contributed by atoms with Gasteiger partial charge < -0.3 is 14.6 Å². The highest BCUT2D eigenvalue weighted by Crippen LogP contribution is 2.47. The van der Waals surface area contributed by atoms with Crippen LogP contribution in [0.2, 0.25) is 0 Å². The van der Waals surface area contributed by atoms with Gasteiger partial charge in [-0.1, -0.05) is 32.0 Å². The average Bonchev–Trinajstić information content (AvgIpc) is 3.77. The normalized spacial score (nSPS) is 14.7. The van der Waals surface area contributed by atoms with Crippen LogP contribution in [-0.4, -0.2) is 41.6 Å². The van der Waals surface area contributed by atoms with Crippen LogP contribution in [0.3, 0.4) is 0 Å². The van der Waals surface area contributed by atoms with Crippen LogP contribution in [0.25, 0.3) is 11.1 Å². The lowest BCUT2D eigenvalue weighted by Gasteiger charge is -2.26. The van der Waals surface area contributed by atoms with Crippen LogP contribution in [-0.2, 0) is 11.3 Å². The predicted molar refractivity (Wildman–Crippen MR) is 153 cm³/mol. The standard InChI is InChI=1S/C33H38FNO5/c1-6-35(20(2)3)19-25-16-24(12-14-28(25)29-18-26(39-5)13-15-30(29)34)33(38)40-27-9-7-8-23(17-27)31(22-10-11-22)21(4)32(36)37/h7-9,12-18,20-22,31H,6,10-11,19H2,1-5H3,(H,36,37)/t21-,31-/m0/s1. The highest BCUT2D eigenvalue weighted by Gasteiger charge is 2.38. The largest absolute Gasteiger partial charge is 0.497 e. The Hall–Kier alpha value is -3.71. The number of halogens is 1. The fourth-order valence-corrected chi connectivity index (χ4v) is 5.36. The fourth-order valence-electron chi connectivity index (χ4n) is 5.36. The van der Waals surface area contributed by atoms with Crippen molar-refractivity contribution in [2.75, 3.05) is 13.7 Å². The number of aliphatic carboxylic acids is 1. The minimum absolute atomic E-state index is 0.129. The Morgan fingerprint density at radius 1 is 1.00 bits per heavy atom. The highest BCUT2D eigenvalue weighted by molar-refractivity contribution is 5.92. The molecule has 1 aliphatic rings. The number of ether oxygens (including phenoxy) is 2. The maximum Gasteiger partial charge on any atom is 0.343 e. The van der Waals surface area contributed by atoms with Gasteiger partial charge in [-0.05, 0) is 104 Å². The van der Waals surface area contributed by atoms with E-state index in [4.69, 9.17) is 9.47 Å². The molecule has 0 radical (unpaired) electrons. The van der Waals surface area contributed by atoms with Crippen molar-refractivity contribution in [3.05, 3.63) is 83.2 Å². The molecule has 0 spiro atoms. The Balaban J connectivity index is 1.66. The molecular weight excluding hydrogens is 509 g/mol. The molecule has 0 unspecified atom stereocenters. The van der Waals surface area contributed by atoms with Gasteiger partial charge >= 0.3 is 11.9 Å². The molecule has 1 saturated carbocycles. The maximum atomic E-state index is 15.0. The summed E-state index contributed by atoms with van der Waals surface area (Å²) in [7, 11) is 1.54. The quantitative estimate of drug-likeness (QED) is 0.191. The Morgan fingerprint density at radius 3 is 2.38 bits per heavy atom. The number of carbonyl (C=O) groups excluding carboxylic acids is 1. The number of methoxy groups -OCH3 is 1. The lowest BCUT2D eigenvalue weighted by atomic mass is 9.83. The summed E-state index contributed by atoms with van der Waals surface area (Å²) < 4.78 is 26.1. The van der Waals surface area contributed by atoms with Gasteiger partial charge in [0.2, 0.25) is 0 Å². The molecule has 0 bridgehead atoms. The van der Waals surface area contributed by atoms with Crippen LogP contribution in [0.5, 0.6) is 11.5 Å². The monoisotopic (exact) mass is 547 g/mol. The van der Waals surface area contributed by atoms with E-state index in [1.54, 1.807) is 62.6 Å². The lowest BCUT2D eigenvalue weighted by Crippen LogP contribution is -2.30. The third-order valence-corrected chi connectivity index (χ3v) is 7.83. The van der Waals surface area contributed by atoms with Crippen LogP contribution in [0.4, 0.5) is 4.39 Å². The molecule has 3 aromatic carbocycles. The molecule has 6 nitrogen and oxygen atoms in total. The third-order valence-electron chi connectivity index (χ3n) is 7.83. The minimum atomic E-state index is -0.832. The lowest BCUT2D eigenvalue weighted by molar-refractivity contribution is -0.142. The number of esters is 1. The third kappa shape index (κ3) is 6.70. The van der Waals surface area contributed by atoms with Gasteiger partial charge in [0, 0.05) is 18.2 Å². The minimum Gasteiger partial charge on any atom is -0.497 e. The molecule has 212 valence electrons. The number of hydrogen-bond donors (Lipinski definition) is 1. The number of hydrogen-bond acceptors (Lipinski definition) is 5. The molecule has 1 aliphatic carbocycles. The smallest absolute Gasteiger partial charge is 0.343 e. The van der Waals surface area contributed by atoms with E-state index in [1.165, 1.54) is 6.07 Å². The van der Waals surface area contributed by atoms with Crippen LogP contribution in [0.1, 0.15) is 67.9 Å². The summed E-state index contributed by atoms with van der Waals surface area (Å²) in [6.45, 7) is 9.30. The molecule has 0 aliphatic heterocycles. The van der Waals surface area contributed by atoms with Crippen molar-refractivity contribution in [3.8, 4) is 22.6 Å². The zero-order chi connectivity index (χ0) is 29.0. The number of nitrogens with zero attached hydrogens (tertiary/aromatic N) is 1. The molecule has 2 atom stereocenters. The summed E-state index contributed by atoms with van der Waals surface area (Å²) in [5.41, 5.74) is 3.10. The van der Waals surface area contributed by atoms with Crippen molar-refractivity contribution in [3.63, 3.8) is 0 Å². The topological polar surface area (TPSA) is 76.1 Å². The fraction of sp³-hybridized carbons (Fsp3) is 0.394. The average molecular weight is 548 g/mol. The van der Waals surface area contributed by atoms with E-state index in [0.29, 0.717) is 40.7 Å². The molecule has 4 rings (SSSR count). The van der Waals surface area contributed by atoms with Crippen molar-refractivity contribution in [1.29, 1.82) is 0 Å². The van der Waals surface area contributed by atoms with Gasteiger partial charge in [0.25, 0.3) is 0 Å². The first-order valence-electron chi connectivity index (χ1n) is 13.9. The van der Waals surface area contributed by atoms with E-state index in [0.717, 1.165) is 30.5 Å². The molecule has 40 heavy (non-hydrogen) atoms. The molecule has 0 heterocycles. The zero-order valence-electron chi connectivity index (χ0n) is 23.8. The second kappa shape index (κ2) is 12.6. The first kappa shape index (κ1) is 29.3. The van der Waals surface area contributed by atoms with E-state index >= 15 is 0 Å². The number of carbonyl (C=O) groups is 2. The van der Waals surface area contributed by atoms with Gasteiger partial charge in [-0.2, -0.15) is 0 Å². The Labute approximate surface area is 235 Å². The Bertz CT molecular complexity index is 1370. The first-order valence-corrected chi connectivity index (χ1v) is 13.9. The molecule has 1 fully saturated rings. The predicted octanol–water partition coefficient (Wildman–Crippen LogP) is 7.17. The van der Waals surface area contributed by atoms with Gasteiger partial charge in [-0.3, -0.25) is 9.69 Å². The van der Waals surface area contributed by atoms with E-state index in [-0.39, 0.29) is 17.8 Å². The van der Waals surface area contributed by atoms with Crippen LogP contribution in [0.15, 0.2) is 60.7 Å². The maximum absolute atomic E-state index is 15.0. The van der Waals surface area contributed by atoms with Crippen LogP contribution < -0.4 is 9.47 Å². The highest BCUT2D eigenvalue weighted by atomic mass is 19.1. The molecule has 7 heteroatoms. The summed E-state index contributed by atoms with van der Waals surface area (Å²) in [5, 5.41) is 9.63. The van der Waals surface area contributed by atoms with Crippen molar-refractivity contribution >= 4 is 11.9 Å². The van der Waals surface area contributed by atoms with E-state index in [9.17, 15) is 19.1 Å². The number of carboxylic acids is 1. The molecule has 1 N–H and O–H groups in total. The summed E-state index contributed by atoms with van der Waals surface area (Å²) in [6, 6.07) is 17.2. The van der Waals surface area contributed by atoms with E-state index in [1.807, 2.05) is 6.07 Å². The second-order valence-electron chi connectivity index (χ2n) is 10.8. The SMILES string of the molecule is CCN(Cc1cc(C(=O)Oc2cccc([C@H](C3CC3)[C@H](C)C(=O)O)c2)ccc1-c1cc(OC)ccc1F)C(C)C. The molecule has 0 amide bonds. The van der Waals surface area contributed by atoms with Gasteiger partial charge in [0.05, 0.1) is 18.6 Å². The summed E-state index contributed by atoms with van der Waals surface area (Å²) >= 11 is 0. The Morgan fingerprint density at radius 2 is 1.75 bits per heavy atom. The van der Waals surface area contributed by atoms with Crippen molar-refractivity contribution in [2.24, 2.45) is 11.8 Å². The zero-order valence-corrected chi connectivity index (χ0v) is 23.8. The van der Waals surface area contributed by atoms with Gasteiger partial charge in [-0.15, -0.1) is 0 Å². The molecule has 3 aromatic rings. The summed E-state index contributed by atoms with van der Waals surface area (Å²) in [6.07, 6.45) is 2.00. The van der Waals surface area contributed by atoms with Crippen molar-refractivity contribution in [2.45, 2.75) is 59.0 Å². The number of benzene rings is 3. The van der Waals surface area contributed by atoms with Gasteiger partial charge in [-0.25, -0.2) is 9.18 Å². The van der Waals surface area contributed by atoms with Crippen molar-refractivity contribution < 1.29 is 28.6 Å². The van der Waals surface area contributed by atoms with Gasteiger partial charge in [0.15, 0.2) is 0 Å². The van der Waals surface area contributed by atoms with E-state index < -0.39 is 17.9 Å². The summed E-state index contributed by atoms with van der Waals surface area (Å²) in [4.78, 5) is 27.3. The van der Waals surface area contributed by atoms with Gasteiger partial charge in [0.1, 0.15) is 17.3 Å². The van der Waals surface area contributed by atoms with Crippen molar-refractivity contribution in [1.82, 2.24) is 4.90 Å². The van der Waals surface area contributed by atoms with Crippen LogP contribution in [0, 0.1) is 17.7 Å². The molecule has 0 aromatic heterocycles. The number of rotatable bonds is 12. The summed E-state index contributed by atoms with van der Waals surface area (Å²) in [5.74, 6) is -1.16. The van der Waals surface area contributed by atoms with E-state index in [2.05, 4.69) is 25.7 Å². The Kier molecular flexibility index (Phi) is 9.25.